The summed E-state index contributed by atoms with van der Waals surface area (Å²) in [7, 11) is 3.01. The largest absolute Gasteiger partial charge is 0.497 e. The van der Waals surface area contributed by atoms with E-state index in [1.807, 2.05) is 0 Å². The molecule has 0 spiro atoms. The number of carbonyl (C=O) groups excluding carboxylic acids is 1. The molecule has 0 atom stereocenters. The number of anilines is 1. The summed E-state index contributed by atoms with van der Waals surface area (Å²) >= 11 is 0. The maximum atomic E-state index is 12.8. The van der Waals surface area contributed by atoms with Crippen molar-refractivity contribution in [1.29, 1.82) is 0 Å². The maximum absolute atomic E-state index is 12.8. The molecule has 0 heterocycles. The van der Waals surface area contributed by atoms with Crippen molar-refractivity contribution in [2.45, 2.75) is 6.61 Å². The third-order valence-electron chi connectivity index (χ3n) is 4.21. The Morgan fingerprint density at radius 2 is 1.62 bits per heavy atom. The maximum Gasteiger partial charge on any atom is 0.387 e. The molecule has 5 nitrogen and oxygen atoms in total. The van der Waals surface area contributed by atoms with Gasteiger partial charge in [-0.3, -0.25) is 4.79 Å². The van der Waals surface area contributed by atoms with Crippen LogP contribution in [0.1, 0.15) is 10.4 Å². The van der Waals surface area contributed by atoms with Gasteiger partial charge < -0.3 is 19.5 Å². The Morgan fingerprint density at radius 3 is 2.28 bits per heavy atom. The zero-order chi connectivity index (χ0) is 20.8. The molecule has 150 valence electrons. The Labute approximate surface area is 166 Å². The van der Waals surface area contributed by atoms with Crippen LogP contribution in [0.15, 0.2) is 66.7 Å². The van der Waals surface area contributed by atoms with Crippen molar-refractivity contribution in [3.05, 3.63) is 72.3 Å². The number of alkyl halides is 2. The summed E-state index contributed by atoms with van der Waals surface area (Å²) in [6, 6.07) is 18.1. The summed E-state index contributed by atoms with van der Waals surface area (Å²) in [5, 5.41) is 2.76. The van der Waals surface area contributed by atoms with Gasteiger partial charge in [-0.15, -0.1) is 0 Å². The number of methoxy groups -OCH3 is 2. The number of hydrogen-bond acceptors (Lipinski definition) is 4. The molecule has 7 heteroatoms. The third kappa shape index (κ3) is 4.82. The average molecular weight is 399 g/mol. The summed E-state index contributed by atoms with van der Waals surface area (Å²) in [4.78, 5) is 12.6. The molecule has 0 aromatic heterocycles. The van der Waals surface area contributed by atoms with Gasteiger partial charge in [-0.25, -0.2) is 0 Å². The Hall–Kier alpha value is -3.61. The molecule has 0 radical (unpaired) electrons. The lowest BCUT2D eigenvalue weighted by atomic mass is 10.0. The molecule has 1 amide bonds. The lowest BCUT2D eigenvalue weighted by molar-refractivity contribution is -0.0494. The molecule has 0 saturated carbocycles. The van der Waals surface area contributed by atoms with Crippen LogP contribution >= 0.6 is 0 Å². The van der Waals surface area contributed by atoms with Gasteiger partial charge in [-0.2, -0.15) is 8.78 Å². The Balaban J connectivity index is 1.94. The smallest absolute Gasteiger partial charge is 0.387 e. The van der Waals surface area contributed by atoms with Crippen LogP contribution in [-0.2, 0) is 0 Å². The fourth-order valence-electron chi connectivity index (χ4n) is 2.83. The molecule has 0 saturated heterocycles. The Morgan fingerprint density at radius 1 is 0.897 bits per heavy atom. The summed E-state index contributed by atoms with van der Waals surface area (Å²) in [6.07, 6.45) is 0. The molecule has 0 fully saturated rings. The first-order chi connectivity index (χ1) is 14.0. The minimum absolute atomic E-state index is 0.000424. The number of halogens is 2. The number of carbonyl (C=O) groups is 1. The van der Waals surface area contributed by atoms with Gasteiger partial charge in [0.25, 0.3) is 5.91 Å². The summed E-state index contributed by atoms with van der Waals surface area (Å²) in [5.74, 6) is 0.676. The number of amides is 1. The number of nitrogens with one attached hydrogen (secondary N) is 1. The van der Waals surface area contributed by atoms with Crippen molar-refractivity contribution in [2.75, 3.05) is 19.5 Å². The molecule has 0 bridgehead atoms. The molecule has 29 heavy (non-hydrogen) atoms. The van der Waals surface area contributed by atoms with Crippen LogP contribution in [0.5, 0.6) is 17.2 Å². The van der Waals surface area contributed by atoms with E-state index in [1.165, 1.54) is 26.4 Å². The quantitative estimate of drug-likeness (QED) is 0.592. The molecular weight excluding hydrogens is 380 g/mol. The summed E-state index contributed by atoms with van der Waals surface area (Å²) in [5.41, 5.74) is 1.82. The van der Waals surface area contributed by atoms with E-state index in [9.17, 15) is 13.6 Å². The number of hydrogen-bond donors (Lipinski definition) is 1. The fourth-order valence-corrected chi connectivity index (χ4v) is 2.83. The van der Waals surface area contributed by atoms with Crippen molar-refractivity contribution in [2.24, 2.45) is 0 Å². The molecule has 0 aliphatic heterocycles. The SMILES string of the molecule is COc1ccc(-c2cc(NC(=O)c3ccccc3OC)ccc2OC(F)F)cc1. The second-order valence-electron chi connectivity index (χ2n) is 5.97. The van der Waals surface area contributed by atoms with E-state index in [4.69, 9.17) is 9.47 Å². The Bertz CT molecular complexity index is 990. The normalized spacial score (nSPS) is 10.5. The number of para-hydroxylation sites is 1. The van der Waals surface area contributed by atoms with Gasteiger partial charge in [-0.1, -0.05) is 24.3 Å². The highest BCUT2D eigenvalue weighted by molar-refractivity contribution is 6.06. The van der Waals surface area contributed by atoms with Crippen molar-refractivity contribution in [3.63, 3.8) is 0 Å². The first-order valence-corrected chi connectivity index (χ1v) is 8.69. The standard InChI is InChI=1S/C22H19F2NO4/c1-27-16-10-7-14(8-11-16)18-13-15(9-12-20(18)29-22(23)24)25-21(26)17-5-3-4-6-19(17)28-2/h3-13,22H,1-2H3,(H,25,26). The van der Waals surface area contributed by atoms with Gasteiger partial charge in [0.1, 0.15) is 17.2 Å². The minimum atomic E-state index is -2.97. The predicted molar refractivity (Wildman–Crippen MR) is 106 cm³/mol. The van der Waals surface area contributed by atoms with Crippen molar-refractivity contribution in [1.82, 2.24) is 0 Å². The minimum Gasteiger partial charge on any atom is -0.497 e. The first kappa shape index (κ1) is 20.1. The van der Waals surface area contributed by atoms with Gasteiger partial charge in [0.15, 0.2) is 0 Å². The monoisotopic (exact) mass is 399 g/mol. The molecule has 0 unspecified atom stereocenters. The topological polar surface area (TPSA) is 56.8 Å². The van der Waals surface area contributed by atoms with Crippen molar-refractivity contribution >= 4 is 11.6 Å². The van der Waals surface area contributed by atoms with E-state index in [1.54, 1.807) is 54.6 Å². The molecule has 3 rings (SSSR count). The second-order valence-corrected chi connectivity index (χ2v) is 5.97. The lowest BCUT2D eigenvalue weighted by Gasteiger charge is -2.14. The second kappa shape index (κ2) is 9.05. The van der Waals surface area contributed by atoms with Crippen molar-refractivity contribution < 1.29 is 27.8 Å². The van der Waals surface area contributed by atoms with E-state index in [-0.39, 0.29) is 11.7 Å². The molecule has 1 N–H and O–H groups in total. The molecule has 0 aliphatic rings. The van der Waals surface area contributed by atoms with E-state index >= 15 is 0 Å². The first-order valence-electron chi connectivity index (χ1n) is 8.69. The number of rotatable bonds is 7. The fraction of sp³-hybridized carbons (Fsp3) is 0.136. The summed E-state index contributed by atoms with van der Waals surface area (Å²) < 4.78 is 40.6. The number of benzene rings is 3. The molecular formula is C22H19F2NO4. The highest BCUT2D eigenvalue weighted by atomic mass is 19.3. The molecule has 3 aromatic carbocycles. The van der Waals surface area contributed by atoms with Crippen LogP contribution in [-0.4, -0.2) is 26.7 Å². The van der Waals surface area contributed by atoms with E-state index < -0.39 is 6.61 Å². The van der Waals surface area contributed by atoms with Crippen LogP contribution in [0.4, 0.5) is 14.5 Å². The van der Waals surface area contributed by atoms with Crippen LogP contribution in [0.3, 0.4) is 0 Å². The highest BCUT2D eigenvalue weighted by Crippen LogP contribution is 2.35. The molecule has 3 aromatic rings. The van der Waals surface area contributed by atoms with Gasteiger partial charge in [-0.05, 0) is 48.0 Å². The number of ether oxygens (including phenoxy) is 3. The average Bonchev–Trinajstić information content (AvgIpc) is 2.74. The van der Waals surface area contributed by atoms with E-state index in [0.717, 1.165) is 0 Å². The zero-order valence-electron chi connectivity index (χ0n) is 15.8. The van der Waals surface area contributed by atoms with Crippen LogP contribution in [0.25, 0.3) is 11.1 Å². The van der Waals surface area contributed by atoms with E-state index in [2.05, 4.69) is 10.1 Å². The Kier molecular flexibility index (Phi) is 6.29. The summed E-state index contributed by atoms with van der Waals surface area (Å²) in [6.45, 7) is -2.97. The highest BCUT2D eigenvalue weighted by Gasteiger charge is 2.15. The predicted octanol–water partition coefficient (Wildman–Crippen LogP) is 5.22. The lowest BCUT2D eigenvalue weighted by Crippen LogP contribution is -2.13. The van der Waals surface area contributed by atoms with Gasteiger partial charge in [0.05, 0.1) is 19.8 Å². The molecule has 0 aliphatic carbocycles. The van der Waals surface area contributed by atoms with Gasteiger partial charge in [0, 0.05) is 11.3 Å². The van der Waals surface area contributed by atoms with Gasteiger partial charge in [0.2, 0.25) is 0 Å². The van der Waals surface area contributed by atoms with Crippen molar-refractivity contribution in [3.8, 4) is 28.4 Å². The van der Waals surface area contributed by atoms with E-state index in [0.29, 0.717) is 33.9 Å². The van der Waals surface area contributed by atoms with Crippen LogP contribution < -0.4 is 19.5 Å². The van der Waals surface area contributed by atoms with Crippen LogP contribution in [0, 0.1) is 0 Å². The zero-order valence-corrected chi connectivity index (χ0v) is 15.8. The van der Waals surface area contributed by atoms with Gasteiger partial charge >= 0.3 is 6.61 Å². The third-order valence-corrected chi connectivity index (χ3v) is 4.21. The van der Waals surface area contributed by atoms with Crippen LogP contribution in [0.2, 0.25) is 0 Å².